The number of esters is 1. The van der Waals surface area contributed by atoms with Gasteiger partial charge in [0.15, 0.2) is 0 Å². The molecule has 0 N–H and O–H groups in total. The Morgan fingerprint density at radius 1 is 1.22 bits per heavy atom. The molecule has 0 aliphatic rings. The van der Waals surface area contributed by atoms with E-state index in [1.165, 1.54) is 0 Å². The molecule has 0 saturated heterocycles. The fourth-order valence-electron chi connectivity index (χ4n) is 1.63. The predicted octanol–water partition coefficient (Wildman–Crippen LogP) is 3.90. The van der Waals surface area contributed by atoms with Crippen molar-refractivity contribution in [1.29, 1.82) is 0 Å². The van der Waals surface area contributed by atoms with Gasteiger partial charge in [-0.05, 0) is 31.9 Å². The molecule has 0 aliphatic heterocycles. The number of hydrogen-bond donors (Lipinski definition) is 0. The average molecular weight is 247 g/mol. The van der Waals surface area contributed by atoms with Gasteiger partial charge in [0, 0.05) is 5.71 Å². The number of rotatable bonds is 7. The first kappa shape index (κ1) is 14.4. The molecule has 0 aromatic heterocycles. The standard InChI is InChI=1S/C15H21NO2/c1-3-5-9-14(12-15(17)18-4-2)16-13-10-7-6-8-11-13/h6-8,10-11H,3-5,9,12H2,1-2H3. The molecule has 0 fully saturated rings. The fraction of sp³-hybridized carbons (Fsp3) is 0.467. The second-order valence-corrected chi connectivity index (χ2v) is 4.10. The van der Waals surface area contributed by atoms with E-state index in [1.54, 1.807) is 0 Å². The number of para-hydroxylation sites is 1. The van der Waals surface area contributed by atoms with Gasteiger partial charge in [-0.3, -0.25) is 9.79 Å². The Morgan fingerprint density at radius 2 is 1.94 bits per heavy atom. The first-order valence-electron chi connectivity index (χ1n) is 6.53. The van der Waals surface area contributed by atoms with E-state index in [0.717, 1.165) is 30.7 Å². The summed E-state index contributed by atoms with van der Waals surface area (Å²) in [5, 5.41) is 0. The summed E-state index contributed by atoms with van der Waals surface area (Å²) in [5.74, 6) is -0.191. The van der Waals surface area contributed by atoms with Crippen LogP contribution in [0.25, 0.3) is 0 Å². The molecule has 3 nitrogen and oxygen atoms in total. The number of ether oxygens (including phenoxy) is 1. The zero-order valence-electron chi connectivity index (χ0n) is 11.2. The first-order chi connectivity index (χ1) is 8.76. The van der Waals surface area contributed by atoms with Gasteiger partial charge in [-0.2, -0.15) is 0 Å². The van der Waals surface area contributed by atoms with Crippen molar-refractivity contribution in [3.8, 4) is 0 Å². The van der Waals surface area contributed by atoms with E-state index in [9.17, 15) is 4.79 Å². The molecule has 0 heterocycles. The van der Waals surface area contributed by atoms with Gasteiger partial charge >= 0.3 is 5.97 Å². The van der Waals surface area contributed by atoms with Crippen molar-refractivity contribution >= 4 is 17.4 Å². The van der Waals surface area contributed by atoms with Crippen molar-refractivity contribution in [2.45, 2.75) is 39.5 Å². The highest BCUT2D eigenvalue weighted by Crippen LogP contribution is 2.14. The summed E-state index contributed by atoms with van der Waals surface area (Å²) < 4.78 is 4.97. The fourth-order valence-corrected chi connectivity index (χ4v) is 1.63. The van der Waals surface area contributed by atoms with Gasteiger partial charge < -0.3 is 4.74 Å². The number of carbonyl (C=O) groups is 1. The molecule has 0 unspecified atom stereocenters. The van der Waals surface area contributed by atoms with Gasteiger partial charge in [0.2, 0.25) is 0 Å². The van der Waals surface area contributed by atoms with Gasteiger partial charge in [0.1, 0.15) is 0 Å². The molecule has 98 valence electrons. The normalized spacial score (nSPS) is 11.3. The van der Waals surface area contributed by atoms with Crippen LogP contribution in [0.4, 0.5) is 5.69 Å². The van der Waals surface area contributed by atoms with E-state index in [0.29, 0.717) is 13.0 Å². The number of aliphatic imine (C=N–C) groups is 1. The smallest absolute Gasteiger partial charge is 0.311 e. The minimum Gasteiger partial charge on any atom is -0.466 e. The number of benzene rings is 1. The van der Waals surface area contributed by atoms with Crippen LogP contribution in [0, 0.1) is 0 Å². The summed E-state index contributed by atoms with van der Waals surface area (Å²) in [7, 11) is 0. The molecule has 0 spiro atoms. The van der Waals surface area contributed by atoms with Crippen LogP contribution in [0.3, 0.4) is 0 Å². The zero-order chi connectivity index (χ0) is 13.2. The van der Waals surface area contributed by atoms with Crippen molar-refractivity contribution in [3.63, 3.8) is 0 Å². The number of nitrogens with zero attached hydrogens (tertiary/aromatic N) is 1. The Bertz CT molecular complexity index is 385. The van der Waals surface area contributed by atoms with Crippen LogP contribution in [0.2, 0.25) is 0 Å². The van der Waals surface area contributed by atoms with Crippen LogP contribution < -0.4 is 0 Å². The van der Waals surface area contributed by atoms with Crippen molar-refractivity contribution in [2.75, 3.05) is 6.61 Å². The van der Waals surface area contributed by atoms with E-state index in [4.69, 9.17) is 4.74 Å². The molecular weight excluding hydrogens is 226 g/mol. The van der Waals surface area contributed by atoms with E-state index in [2.05, 4.69) is 11.9 Å². The van der Waals surface area contributed by atoms with Crippen LogP contribution in [-0.4, -0.2) is 18.3 Å². The number of carbonyl (C=O) groups excluding carboxylic acids is 1. The highest BCUT2D eigenvalue weighted by Gasteiger charge is 2.08. The third kappa shape index (κ3) is 5.62. The van der Waals surface area contributed by atoms with Gasteiger partial charge in [-0.1, -0.05) is 31.5 Å². The summed E-state index contributed by atoms with van der Waals surface area (Å²) in [6, 6.07) is 9.73. The summed E-state index contributed by atoms with van der Waals surface area (Å²) in [6.07, 6.45) is 3.29. The highest BCUT2D eigenvalue weighted by atomic mass is 16.5. The van der Waals surface area contributed by atoms with E-state index in [-0.39, 0.29) is 5.97 Å². The molecule has 18 heavy (non-hydrogen) atoms. The monoisotopic (exact) mass is 247 g/mol. The molecular formula is C15H21NO2. The molecule has 1 aromatic carbocycles. The molecule has 0 bridgehead atoms. The molecule has 0 atom stereocenters. The molecule has 0 saturated carbocycles. The molecule has 3 heteroatoms. The maximum atomic E-state index is 11.5. The maximum absolute atomic E-state index is 11.5. The molecule has 0 amide bonds. The Morgan fingerprint density at radius 3 is 2.56 bits per heavy atom. The second kappa shape index (κ2) is 8.45. The van der Waals surface area contributed by atoms with Crippen molar-refractivity contribution in [1.82, 2.24) is 0 Å². The Hall–Kier alpha value is -1.64. The lowest BCUT2D eigenvalue weighted by molar-refractivity contribution is -0.141. The van der Waals surface area contributed by atoms with E-state index in [1.807, 2.05) is 37.3 Å². The minimum atomic E-state index is -0.191. The van der Waals surface area contributed by atoms with Gasteiger partial charge in [-0.15, -0.1) is 0 Å². The lowest BCUT2D eigenvalue weighted by Gasteiger charge is -2.06. The van der Waals surface area contributed by atoms with E-state index < -0.39 is 0 Å². The van der Waals surface area contributed by atoms with E-state index >= 15 is 0 Å². The zero-order valence-corrected chi connectivity index (χ0v) is 11.2. The lowest BCUT2D eigenvalue weighted by Crippen LogP contribution is -2.11. The largest absolute Gasteiger partial charge is 0.466 e. The molecule has 0 aliphatic carbocycles. The first-order valence-corrected chi connectivity index (χ1v) is 6.53. The van der Waals surface area contributed by atoms with Crippen LogP contribution in [0.1, 0.15) is 39.5 Å². The molecule has 1 rings (SSSR count). The van der Waals surface area contributed by atoms with Crippen LogP contribution in [0.5, 0.6) is 0 Å². The third-order valence-corrected chi connectivity index (χ3v) is 2.52. The minimum absolute atomic E-state index is 0.191. The van der Waals surface area contributed by atoms with Crippen molar-refractivity contribution < 1.29 is 9.53 Å². The van der Waals surface area contributed by atoms with Crippen LogP contribution in [0.15, 0.2) is 35.3 Å². The average Bonchev–Trinajstić information content (AvgIpc) is 2.37. The number of hydrogen-bond acceptors (Lipinski definition) is 3. The van der Waals surface area contributed by atoms with Crippen molar-refractivity contribution in [2.24, 2.45) is 4.99 Å². The Labute approximate surface area is 109 Å². The highest BCUT2D eigenvalue weighted by molar-refractivity contribution is 6.00. The second-order valence-electron chi connectivity index (χ2n) is 4.10. The molecule has 1 aromatic rings. The lowest BCUT2D eigenvalue weighted by atomic mass is 10.1. The number of unbranched alkanes of at least 4 members (excludes halogenated alkanes) is 1. The Balaban J connectivity index is 2.71. The maximum Gasteiger partial charge on any atom is 0.311 e. The Kier molecular flexibility index (Phi) is 6.77. The van der Waals surface area contributed by atoms with Crippen LogP contribution in [-0.2, 0) is 9.53 Å². The van der Waals surface area contributed by atoms with Crippen molar-refractivity contribution in [3.05, 3.63) is 30.3 Å². The van der Waals surface area contributed by atoms with Gasteiger partial charge in [0.25, 0.3) is 0 Å². The predicted molar refractivity (Wildman–Crippen MR) is 74.3 cm³/mol. The summed E-state index contributed by atoms with van der Waals surface area (Å²) in [4.78, 5) is 16.0. The van der Waals surface area contributed by atoms with Gasteiger partial charge in [-0.25, -0.2) is 0 Å². The SMILES string of the molecule is CCCCC(CC(=O)OCC)=Nc1ccccc1. The third-order valence-electron chi connectivity index (χ3n) is 2.52. The summed E-state index contributed by atoms with van der Waals surface area (Å²) in [5.41, 5.74) is 1.80. The quantitative estimate of drug-likeness (QED) is 0.541. The van der Waals surface area contributed by atoms with Gasteiger partial charge in [0.05, 0.1) is 18.7 Å². The summed E-state index contributed by atoms with van der Waals surface area (Å²) in [6.45, 7) is 4.37. The summed E-state index contributed by atoms with van der Waals surface area (Å²) >= 11 is 0. The molecule has 0 radical (unpaired) electrons. The topological polar surface area (TPSA) is 38.7 Å². The van der Waals surface area contributed by atoms with Crippen LogP contribution >= 0.6 is 0 Å².